The number of hydrogen-bond acceptors (Lipinski definition) is 5. The van der Waals surface area contributed by atoms with Crippen LogP contribution in [-0.2, 0) is 5.60 Å². The van der Waals surface area contributed by atoms with Crippen LogP contribution < -0.4 is 9.64 Å². The van der Waals surface area contributed by atoms with Crippen LogP contribution in [0.15, 0.2) is 36.5 Å². The summed E-state index contributed by atoms with van der Waals surface area (Å²) >= 11 is 0. The molecule has 0 saturated carbocycles. The molecule has 4 rings (SSSR count). The summed E-state index contributed by atoms with van der Waals surface area (Å²) < 4.78 is 5.82. The van der Waals surface area contributed by atoms with Gasteiger partial charge in [0.25, 0.3) is 5.91 Å². The Morgan fingerprint density at radius 2 is 1.82 bits per heavy atom. The maximum Gasteiger partial charge on any atom is 0.255 e. The number of hydrogen-bond donors (Lipinski definition) is 1. The molecule has 1 aromatic carbocycles. The molecule has 0 aliphatic carbocycles. The van der Waals surface area contributed by atoms with Crippen molar-refractivity contribution in [2.45, 2.75) is 38.7 Å². The molecule has 3 heterocycles. The number of anilines is 2. The Morgan fingerprint density at radius 1 is 1.11 bits per heavy atom. The third kappa shape index (κ3) is 3.69. The number of fused-ring (bicyclic) bond motifs is 1. The molecule has 1 fully saturated rings. The number of aliphatic hydroxyl groups is 1. The first-order chi connectivity index (χ1) is 13.4. The summed E-state index contributed by atoms with van der Waals surface area (Å²) in [6, 6.07) is 9.64. The van der Waals surface area contributed by atoms with E-state index in [1.165, 1.54) is 6.42 Å². The van der Waals surface area contributed by atoms with Gasteiger partial charge in [-0.3, -0.25) is 4.79 Å². The van der Waals surface area contributed by atoms with E-state index in [4.69, 9.17) is 4.74 Å². The smallest absolute Gasteiger partial charge is 0.255 e. The lowest BCUT2D eigenvalue weighted by Crippen LogP contribution is -2.36. The minimum atomic E-state index is -0.872. The van der Waals surface area contributed by atoms with Crippen LogP contribution in [-0.4, -0.2) is 47.1 Å². The number of amides is 1. The lowest BCUT2D eigenvalue weighted by molar-refractivity contribution is 0.0722. The number of rotatable bonds is 3. The number of benzene rings is 1. The maximum absolute atomic E-state index is 12.8. The van der Waals surface area contributed by atoms with Crippen LogP contribution in [0.25, 0.3) is 0 Å². The lowest BCUT2D eigenvalue weighted by Gasteiger charge is -2.31. The highest BCUT2D eigenvalue weighted by Gasteiger charge is 2.25. The molecule has 0 unspecified atom stereocenters. The number of ether oxygens (including phenoxy) is 1. The van der Waals surface area contributed by atoms with Crippen molar-refractivity contribution in [3.05, 3.63) is 47.7 Å². The molecule has 148 valence electrons. The van der Waals surface area contributed by atoms with E-state index in [2.05, 4.69) is 9.88 Å². The van der Waals surface area contributed by atoms with Crippen LogP contribution >= 0.6 is 0 Å². The van der Waals surface area contributed by atoms with Gasteiger partial charge in [-0.25, -0.2) is 4.98 Å². The average Bonchev–Trinajstić information content (AvgIpc) is 2.72. The van der Waals surface area contributed by atoms with Crippen molar-refractivity contribution in [2.24, 2.45) is 0 Å². The number of carbonyl (C=O) groups is 1. The van der Waals surface area contributed by atoms with E-state index in [9.17, 15) is 9.90 Å². The SMILES string of the molecule is CC(C)(O)c1ccc(N2CCOc3cc(C(=O)N4CCCCC4)cnc32)cc1. The summed E-state index contributed by atoms with van der Waals surface area (Å²) in [5, 5.41) is 10.2. The van der Waals surface area contributed by atoms with Gasteiger partial charge in [0.2, 0.25) is 0 Å². The molecule has 0 atom stereocenters. The van der Waals surface area contributed by atoms with E-state index in [-0.39, 0.29) is 5.91 Å². The van der Waals surface area contributed by atoms with Crippen molar-refractivity contribution < 1.29 is 14.6 Å². The monoisotopic (exact) mass is 381 g/mol. The fourth-order valence-electron chi connectivity index (χ4n) is 3.80. The second-order valence-electron chi connectivity index (χ2n) is 8.00. The quantitative estimate of drug-likeness (QED) is 0.882. The van der Waals surface area contributed by atoms with Gasteiger partial charge in [-0.1, -0.05) is 12.1 Å². The number of likely N-dealkylation sites (tertiary alicyclic amines) is 1. The summed E-state index contributed by atoms with van der Waals surface area (Å²) in [6.07, 6.45) is 4.98. The molecular formula is C22H27N3O3. The van der Waals surface area contributed by atoms with E-state index >= 15 is 0 Å². The molecule has 0 radical (unpaired) electrons. The van der Waals surface area contributed by atoms with Gasteiger partial charge in [0.15, 0.2) is 11.6 Å². The molecule has 2 aromatic rings. The fraction of sp³-hybridized carbons (Fsp3) is 0.455. The third-order valence-electron chi connectivity index (χ3n) is 5.44. The standard InChI is InChI=1S/C22H27N3O3/c1-22(2,27)17-6-8-18(9-7-17)25-12-13-28-19-14-16(15-23-20(19)25)21(26)24-10-4-3-5-11-24/h6-9,14-15,27H,3-5,10-13H2,1-2H3. The molecule has 0 spiro atoms. The highest BCUT2D eigenvalue weighted by molar-refractivity contribution is 5.95. The maximum atomic E-state index is 12.8. The van der Waals surface area contributed by atoms with Crippen LogP contribution in [0.4, 0.5) is 11.5 Å². The van der Waals surface area contributed by atoms with Gasteiger partial charge >= 0.3 is 0 Å². The molecule has 6 heteroatoms. The van der Waals surface area contributed by atoms with Crippen molar-refractivity contribution in [1.82, 2.24) is 9.88 Å². The van der Waals surface area contributed by atoms with Crippen LogP contribution in [0.5, 0.6) is 5.75 Å². The third-order valence-corrected chi connectivity index (χ3v) is 5.44. The predicted molar refractivity (Wildman–Crippen MR) is 108 cm³/mol. The zero-order valence-electron chi connectivity index (χ0n) is 16.5. The van der Waals surface area contributed by atoms with E-state index in [0.29, 0.717) is 24.5 Å². The zero-order chi connectivity index (χ0) is 19.7. The van der Waals surface area contributed by atoms with E-state index in [1.54, 1.807) is 20.0 Å². The zero-order valence-corrected chi connectivity index (χ0v) is 16.5. The number of nitrogens with zero attached hydrogens (tertiary/aromatic N) is 3. The fourth-order valence-corrected chi connectivity index (χ4v) is 3.80. The number of pyridine rings is 1. The molecule has 2 aliphatic heterocycles. The van der Waals surface area contributed by atoms with Crippen molar-refractivity contribution in [3.8, 4) is 5.75 Å². The molecule has 6 nitrogen and oxygen atoms in total. The van der Waals surface area contributed by atoms with Crippen molar-refractivity contribution in [3.63, 3.8) is 0 Å². The second kappa shape index (κ2) is 7.43. The highest BCUT2D eigenvalue weighted by Crippen LogP contribution is 2.36. The van der Waals surface area contributed by atoms with E-state index < -0.39 is 5.60 Å². The first-order valence-corrected chi connectivity index (χ1v) is 9.96. The molecule has 28 heavy (non-hydrogen) atoms. The Labute approximate surface area is 165 Å². The average molecular weight is 381 g/mol. The van der Waals surface area contributed by atoms with Crippen LogP contribution in [0.1, 0.15) is 49.0 Å². The Hall–Kier alpha value is -2.60. The topological polar surface area (TPSA) is 65.9 Å². The predicted octanol–water partition coefficient (Wildman–Crippen LogP) is 3.47. The van der Waals surface area contributed by atoms with Gasteiger partial charge in [0, 0.05) is 25.0 Å². The largest absolute Gasteiger partial charge is 0.488 e. The Kier molecular flexibility index (Phi) is 4.98. The summed E-state index contributed by atoms with van der Waals surface area (Å²) in [7, 11) is 0. The van der Waals surface area contributed by atoms with Crippen LogP contribution in [0, 0.1) is 0 Å². The molecule has 1 amide bonds. The van der Waals surface area contributed by atoms with Gasteiger partial charge in [0.1, 0.15) is 6.61 Å². The second-order valence-corrected chi connectivity index (χ2v) is 8.00. The van der Waals surface area contributed by atoms with Gasteiger partial charge < -0.3 is 19.6 Å². The summed E-state index contributed by atoms with van der Waals surface area (Å²) in [5.41, 5.74) is 1.56. The molecular weight excluding hydrogens is 354 g/mol. The first-order valence-electron chi connectivity index (χ1n) is 9.96. The van der Waals surface area contributed by atoms with Gasteiger partial charge in [-0.15, -0.1) is 0 Å². The van der Waals surface area contributed by atoms with Gasteiger partial charge in [-0.05, 0) is 56.9 Å². The molecule has 1 aromatic heterocycles. The van der Waals surface area contributed by atoms with Crippen molar-refractivity contribution in [1.29, 1.82) is 0 Å². The Balaban J connectivity index is 1.59. The van der Waals surface area contributed by atoms with Crippen LogP contribution in [0.2, 0.25) is 0 Å². The molecule has 1 N–H and O–H groups in total. The molecule has 2 aliphatic rings. The Morgan fingerprint density at radius 3 is 2.50 bits per heavy atom. The van der Waals surface area contributed by atoms with Crippen molar-refractivity contribution in [2.75, 3.05) is 31.1 Å². The van der Waals surface area contributed by atoms with E-state index in [0.717, 1.165) is 43.0 Å². The van der Waals surface area contributed by atoms with Crippen molar-refractivity contribution >= 4 is 17.4 Å². The number of piperidine rings is 1. The minimum Gasteiger partial charge on any atom is -0.488 e. The lowest BCUT2D eigenvalue weighted by atomic mass is 9.98. The number of aromatic nitrogens is 1. The Bertz CT molecular complexity index is 852. The van der Waals surface area contributed by atoms with Gasteiger partial charge in [-0.2, -0.15) is 0 Å². The first kappa shape index (κ1) is 18.7. The van der Waals surface area contributed by atoms with Gasteiger partial charge in [0.05, 0.1) is 17.7 Å². The summed E-state index contributed by atoms with van der Waals surface area (Å²) in [5.74, 6) is 1.39. The summed E-state index contributed by atoms with van der Waals surface area (Å²) in [6.45, 7) is 6.39. The normalized spacial score (nSPS) is 17.1. The molecule has 0 bridgehead atoms. The number of carbonyl (C=O) groups excluding carboxylic acids is 1. The summed E-state index contributed by atoms with van der Waals surface area (Å²) in [4.78, 5) is 21.3. The van der Waals surface area contributed by atoms with Crippen LogP contribution in [0.3, 0.4) is 0 Å². The molecule has 1 saturated heterocycles. The highest BCUT2D eigenvalue weighted by atomic mass is 16.5. The van der Waals surface area contributed by atoms with E-state index in [1.807, 2.05) is 35.2 Å². The minimum absolute atomic E-state index is 0.0326.